The number of anilines is 2. The van der Waals surface area contributed by atoms with Crippen molar-refractivity contribution >= 4 is 35.0 Å². The van der Waals surface area contributed by atoms with Crippen molar-refractivity contribution in [3.63, 3.8) is 0 Å². The molecule has 0 radical (unpaired) electrons. The highest BCUT2D eigenvalue weighted by molar-refractivity contribution is 8.05. The Balaban J connectivity index is 1.72. The molecule has 2 amide bonds. The molecule has 6 heteroatoms. The van der Waals surface area contributed by atoms with Gasteiger partial charge >= 0.3 is 0 Å². The Morgan fingerprint density at radius 3 is 2.11 bits per heavy atom. The summed E-state index contributed by atoms with van der Waals surface area (Å²) < 4.78 is 0. The van der Waals surface area contributed by atoms with Crippen LogP contribution in [0.3, 0.4) is 0 Å². The molecule has 3 aromatic carbocycles. The lowest BCUT2D eigenvalue weighted by Crippen LogP contribution is -2.31. The van der Waals surface area contributed by atoms with Crippen molar-refractivity contribution in [1.82, 2.24) is 0 Å². The number of nitrogens with zero attached hydrogens (tertiary/aromatic N) is 2. The number of benzene rings is 3. The molecular weight excluding hydrogens is 466 g/mol. The fourth-order valence-electron chi connectivity index (χ4n) is 4.00. The maximum atomic E-state index is 13.7. The molecule has 0 spiro atoms. The van der Waals surface area contributed by atoms with E-state index in [1.54, 1.807) is 12.1 Å². The lowest BCUT2D eigenvalue weighted by atomic mass is 10.0. The van der Waals surface area contributed by atoms with Gasteiger partial charge in [0.25, 0.3) is 5.91 Å². The Morgan fingerprint density at radius 1 is 0.972 bits per heavy atom. The van der Waals surface area contributed by atoms with Gasteiger partial charge in [-0.1, -0.05) is 85.3 Å². The number of nitrogens with one attached hydrogen (secondary N) is 1. The number of amides is 2. The minimum Gasteiger partial charge on any atom is -0.321 e. The molecule has 1 heterocycles. The van der Waals surface area contributed by atoms with Gasteiger partial charge < -0.3 is 5.32 Å². The molecule has 1 saturated heterocycles. The average Bonchev–Trinajstić information content (AvgIpc) is 3.17. The van der Waals surface area contributed by atoms with Crippen molar-refractivity contribution in [2.75, 3.05) is 10.2 Å². The third kappa shape index (κ3) is 5.53. The van der Waals surface area contributed by atoms with Crippen LogP contribution in [0.4, 0.5) is 11.4 Å². The second-order valence-electron chi connectivity index (χ2n) is 9.33. The van der Waals surface area contributed by atoms with Gasteiger partial charge in [-0.05, 0) is 61.6 Å². The molecule has 0 aromatic heterocycles. The molecular formula is C30H29N3O2S. The molecule has 1 fully saturated rings. The van der Waals surface area contributed by atoms with Crippen LogP contribution in [-0.4, -0.2) is 17.1 Å². The van der Waals surface area contributed by atoms with E-state index in [0.29, 0.717) is 28.7 Å². The van der Waals surface area contributed by atoms with E-state index in [2.05, 4.69) is 25.2 Å². The predicted octanol–water partition coefficient (Wildman–Crippen LogP) is 6.49. The smallest absolute Gasteiger partial charge is 0.269 e. The molecule has 0 saturated carbocycles. The Bertz CT molecular complexity index is 1330. The highest BCUT2D eigenvalue weighted by Gasteiger charge is 2.40. The first-order valence-electron chi connectivity index (χ1n) is 12.0. The summed E-state index contributed by atoms with van der Waals surface area (Å²) in [4.78, 5) is 28.4. The van der Waals surface area contributed by atoms with Crippen molar-refractivity contribution in [3.8, 4) is 6.07 Å². The molecule has 1 aliphatic rings. The van der Waals surface area contributed by atoms with E-state index in [1.807, 2.05) is 74.5 Å². The van der Waals surface area contributed by atoms with Crippen molar-refractivity contribution < 1.29 is 9.59 Å². The number of carbonyl (C=O) groups is 2. The summed E-state index contributed by atoms with van der Waals surface area (Å²) in [5.41, 5.74) is 5.57. The van der Waals surface area contributed by atoms with Gasteiger partial charge in [0.1, 0.15) is 16.7 Å². The van der Waals surface area contributed by atoms with Crippen molar-refractivity contribution in [2.45, 2.75) is 45.3 Å². The first kappa shape index (κ1) is 25.3. The maximum Gasteiger partial charge on any atom is 0.269 e. The number of hydrogen-bond donors (Lipinski definition) is 1. The summed E-state index contributed by atoms with van der Waals surface area (Å²) >= 11 is 1.28. The van der Waals surface area contributed by atoms with Gasteiger partial charge in [-0.25, -0.2) is 0 Å². The summed E-state index contributed by atoms with van der Waals surface area (Å²) in [7, 11) is 0. The van der Waals surface area contributed by atoms with Gasteiger partial charge in [0.2, 0.25) is 5.91 Å². The lowest BCUT2D eigenvalue weighted by molar-refractivity contribution is -0.117. The Morgan fingerprint density at radius 2 is 1.56 bits per heavy atom. The largest absolute Gasteiger partial charge is 0.321 e. The van der Waals surface area contributed by atoms with Crippen LogP contribution in [0.2, 0.25) is 0 Å². The van der Waals surface area contributed by atoms with Crippen LogP contribution in [0.1, 0.15) is 42.0 Å². The first-order valence-corrected chi connectivity index (χ1v) is 12.8. The molecule has 182 valence electrons. The van der Waals surface area contributed by atoms with E-state index in [0.717, 1.165) is 22.3 Å². The predicted molar refractivity (Wildman–Crippen MR) is 147 cm³/mol. The Kier molecular flexibility index (Phi) is 7.61. The first-order chi connectivity index (χ1) is 17.3. The molecule has 1 N–H and O–H groups in total. The SMILES string of the molecule is Cc1ccc(CC2S/C(=C(/C#N)C(=O)Nc3ccc(C)cc3)N(c3ccc(C(C)C)cc3)C2=O)cc1. The van der Waals surface area contributed by atoms with Gasteiger partial charge in [-0.15, -0.1) is 0 Å². The summed E-state index contributed by atoms with van der Waals surface area (Å²) in [6, 6.07) is 25.3. The quantitative estimate of drug-likeness (QED) is 0.313. The highest BCUT2D eigenvalue weighted by atomic mass is 32.2. The summed E-state index contributed by atoms with van der Waals surface area (Å²) in [6.07, 6.45) is 0.506. The van der Waals surface area contributed by atoms with Crippen molar-refractivity contribution in [1.29, 1.82) is 5.26 Å². The minimum atomic E-state index is -0.531. The van der Waals surface area contributed by atoms with Crippen LogP contribution in [0.15, 0.2) is 83.4 Å². The van der Waals surface area contributed by atoms with Crippen LogP contribution in [0, 0.1) is 25.2 Å². The third-order valence-electron chi connectivity index (χ3n) is 6.17. The molecule has 0 aliphatic carbocycles. The zero-order chi connectivity index (χ0) is 25.8. The van der Waals surface area contributed by atoms with E-state index in [1.165, 1.54) is 16.7 Å². The number of rotatable bonds is 6. The van der Waals surface area contributed by atoms with Gasteiger partial charge in [-0.3, -0.25) is 14.5 Å². The Labute approximate surface area is 216 Å². The van der Waals surface area contributed by atoms with E-state index in [-0.39, 0.29) is 11.5 Å². The standard InChI is InChI=1S/C30H29N3O2S/c1-19(2)23-11-15-25(16-12-23)33-29(35)27(17-22-9-5-20(3)6-10-22)36-30(33)26(18-31)28(34)32-24-13-7-21(4)8-14-24/h5-16,19,27H,17H2,1-4H3,(H,32,34)/b30-26-. The summed E-state index contributed by atoms with van der Waals surface area (Å²) in [5, 5.41) is 12.8. The zero-order valence-electron chi connectivity index (χ0n) is 20.9. The average molecular weight is 496 g/mol. The minimum absolute atomic E-state index is 0.0757. The fourth-order valence-corrected chi connectivity index (χ4v) is 5.31. The summed E-state index contributed by atoms with van der Waals surface area (Å²) in [5.74, 6) is -0.317. The fraction of sp³-hybridized carbons (Fsp3) is 0.233. The summed E-state index contributed by atoms with van der Waals surface area (Å²) in [6.45, 7) is 8.20. The zero-order valence-corrected chi connectivity index (χ0v) is 21.7. The molecule has 3 aromatic rings. The number of carbonyl (C=O) groups excluding carboxylic acids is 2. The van der Waals surface area contributed by atoms with E-state index in [9.17, 15) is 14.9 Å². The van der Waals surface area contributed by atoms with Crippen molar-refractivity contribution in [3.05, 3.63) is 106 Å². The van der Waals surface area contributed by atoms with Crippen LogP contribution >= 0.6 is 11.8 Å². The third-order valence-corrected chi connectivity index (χ3v) is 7.44. The van der Waals surface area contributed by atoms with Gasteiger partial charge in [-0.2, -0.15) is 5.26 Å². The molecule has 1 atom stereocenters. The monoisotopic (exact) mass is 495 g/mol. The molecule has 5 nitrogen and oxygen atoms in total. The molecule has 36 heavy (non-hydrogen) atoms. The number of thioether (sulfide) groups is 1. The Hall–Kier alpha value is -3.82. The highest BCUT2D eigenvalue weighted by Crippen LogP contribution is 2.42. The number of aryl methyl sites for hydroxylation is 2. The lowest BCUT2D eigenvalue weighted by Gasteiger charge is -2.19. The number of nitriles is 1. The molecule has 1 unspecified atom stereocenters. The normalized spacial score (nSPS) is 16.7. The second-order valence-corrected chi connectivity index (χ2v) is 10.5. The van der Waals surface area contributed by atoms with Crippen molar-refractivity contribution in [2.24, 2.45) is 0 Å². The van der Waals surface area contributed by atoms with E-state index in [4.69, 9.17) is 0 Å². The van der Waals surface area contributed by atoms with Gasteiger partial charge in [0, 0.05) is 11.4 Å². The molecule has 4 rings (SSSR count). The van der Waals surface area contributed by atoms with E-state index < -0.39 is 11.2 Å². The van der Waals surface area contributed by atoms with Crippen LogP contribution in [0.25, 0.3) is 0 Å². The second kappa shape index (κ2) is 10.8. The van der Waals surface area contributed by atoms with Crippen LogP contribution in [0.5, 0.6) is 0 Å². The topological polar surface area (TPSA) is 73.2 Å². The maximum absolute atomic E-state index is 13.7. The van der Waals surface area contributed by atoms with Gasteiger partial charge in [0.05, 0.1) is 5.25 Å². The van der Waals surface area contributed by atoms with Gasteiger partial charge in [0.15, 0.2) is 0 Å². The van der Waals surface area contributed by atoms with Crippen LogP contribution in [-0.2, 0) is 16.0 Å². The van der Waals surface area contributed by atoms with E-state index >= 15 is 0 Å². The molecule has 0 bridgehead atoms. The number of hydrogen-bond acceptors (Lipinski definition) is 4. The van der Waals surface area contributed by atoms with Crippen LogP contribution < -0.4 is 10.2 Å². The molecule has 1 aliphatic heterocycles.